The fraction of sp³-hybridized carbons (Fsp3) is 0.417. The van der Waals surface area contributed by atoms with Crippen LogP contribution in [0, 0.1) is 11.8 Å². The minimum atomic E-state index is -0.385. The second-order valence-electron chi connectivity index (χ2n) is 8.18. The summed E-state index contributed by atoms with van der Waals surface area (Å²) >= 11 is 6.08. The minimum absolute atomic E-state index is 0.0574. The third-order valence-electron chi connectivity index (χ3n) is 5.54. The molecule has 0 saturated carbocycles. The molecule has 1 fully saturated rings. The molecule has 1 N–H and O–H groups in total. The lowest BCUT2D eigenvalue weighted by molar-refractivity contribution is -0.125. The van der Waals surface area contributed by atoms with E-state index in [1.165, 1.54) is 0 Å². The van der Waals surface area contributed by atoms with Crippen LogP contribution in [0.5, 0.6) is 11.5 Å². The third-order valence-corrected chi connectivity index (χ3v) is 5.78. The first-order valence-electron chi connectivity index (χ1n) is 10.4. The largest absolute Gasteiger partial charge is 0.497 e. The van der Waals surface area contributed by atoms with Gasteiger partial charge in [-0.3, -0.25) is 9.59 Å². The SMILES string of the molecule is COc1ccc([C@@H]2CN(C(=O)c3cccc(Cl)c3)C[C@H]2C(=O)NCC(C)C)c(OC)c1. The van der Waals surface area contributed by atoms with Crippen LogP contribution < -0.4 is 14.8 Å². The highest BCUT2D eigenvalue weighted by molar-refractivity contribution is 6.30. The molecule has 2 aromatic rings. The predicted octanol–water partition coefficient (Wildman–Crippen LogP) is 3.99. The number of rotatable bonds is 7. The number of nitrogens with zero attached hydrogens (tertiary/aromatic N) is 1. The number of nitrogens with one attached hydrogen (secondary N) is 1. The van der Waals surface area contributed by atoms with Crippen molar-refractivity contribution in [3.05, 3.63) is 58.6 Å². The maximum absolute atomic E-state index is 13.1. The summed E-state index contributed by atoms with van der Waals surface area (Å²) < 4.78 is 10.9. The number of hydrogen-bond acceptors (Lipinski definition) is 4. The molecule has 0 aromatic heterocycles. The summed E-state index contributed by atoms with van der Waals surface area (Å²) in [6.07, 6.45) is 0. The smallest absolute Gasteiger partial charge is 0.253 e. The van der Waals surface area contributed by atoms with E-state index in [1.54, 1.807) is 49.5 Å². The molecule has 1 heterocycles. The Hall–Kier alpha value is -2.73. The molecule has 3 rings (SSSR count). The number of carbonyl (C=O) groups excluding carboxylic acids is 2. The first-order chi connectivity index (χ1) is 14.8. The third kappa shape index (κ3) is 5.31. The van der Waals surface area contributed by atoms with Gasteiger partial charge in [-0.1, -0.05) is 37.6 Å². The highest BCUT2D eigenvalue weighted by Gasteiger charge is 2.41. The van der Waals surface area contributed by atoms with Crippen molar-refractivity contribution in [1.29, 1.82) is 0 Å². The molecular weight excluding hydrogens is 416 g/mol. The van der Waals surface area contributed by atoms with Crippen LogP contribution in [0.25, 0.3) is 0 Å². The maximum atomic E-state index is 13.1. The number of methoxy groups -OCH3 is 2. The molecule has 1 aliphatic rings. The van der Waals surface area contributed by atoms with Crippen LogP contribution >= 0.6 is 11.6 Å². The number of hydrogen-bond donors (Lipinski definition) is 1. The van der Waals surface area contributed by atoms with Gasteiger partial charge in [0.2, 0.25) is 5.91 Å². The van der Waals surface area contributed by atoms with Crippen molar-refractivity contribution in [3.8, 4) is 11.5 Å². The average Bonchev–Trinajstić information content (AvgIpc) is 3.21. The van der Waals surface area contributed by atoms with Gasteiger partial charge in [0.1, 0.15) is 11.5 Å². The van der Waals surface area contributed by atoms with Crippen molar-refractivity contribution >= 4 is 23.4 Å². The monoisotopic (exact) mass is 444 g/mol. The lowest BCUT2D eigenvalue weighted by Crippen LogP contribution is -2.37. The molecule has 1 aliphatic heterocycles. The van der Waals surface area contributed by atoms with Crippen molar-refractivity contribution in [2.45, 2.75) is 19.8 Å². The van der Waals surface area contributed by atoms with Gasteiger partial charge in [-0.15, -0.1) is 0 Å². The molecule has 0 spiro atoms. The van der Waals surface area contributed by atoms with Crippen LogP contribution in [-0.2, 0) is 4.79 Å². The van der Waals surface area contributed by atoms with Gasteiger partial charge < -0.3 is 19.7 Å². The van der Waals surface area contributed by atoms with E-state index in [1.807, 2.05) is 26.0 Å². The first kappa shape index (κ1) is 22.9. The van der Waals surface area contributed by atoms with E-state index in [0.29, 0.717) is 47.6 Å². The molecule has 31 heavy (non-hydrogen) atoms. The molecule has 0 radical (unpaired) electrons. The van der Waals surface area contributed by atoms with Crippen LogP contribution in [0.15, 0.2) is 42.5 Å². The Morgan fingerprint density at radius 3 is 2.55 bits per heavy atom. The van der Waals surface area contributed by atoms with Gasteiger partial charge in [0.25, 0.3) is 5.91 Å². The summed E-state index contributed by atoms with van der Waals surface area (Å²) in [7, 11) is 3.19. The number of halogens is 1. The zero-order chi connectivity index (χ0) is 22.5. The van der Waals surface area contributed by atoms with Gasteiger partial charge in [0, 0.05) is 47.8 Å². The zero-order valence-corrected chi connectivity index (χ0v) is 19.1. The van der Waals surface area contributed by atoms with Crippen molar-refractivity contribution in [1.82, 2.24) is 10.2 Å². The van der Waals surface area contributed by atoms with E-state index in [4.69, 9.17) is 21.1 Å². The van der Waals surface area contributed by atoms with E-state index in [-0.39, 0.29) is 23.7 Å². The second kappa shape index (κ2) is 10.1. The van der Waals surface area contributed by atoms with Crippen LogP contribution in [0.2, 0.25) is 5.02 Å². The maximum Gasteiger partial charge on any atom is 0.253 e. The molecule has 0 aliphatic carbocycles. The molecular formula is C24H29ClN2O4. The first-order valence-corrected chi connectivity index (χ1v) is 10.8. The fourth-order valence-electron chi connectivity index (χ4n) is 3.92. The topological polar surface area (TPSA) is 67.9 Å². The van der Waals surface area contributed by atoms with Crippen LogP contribution in [0.1, 0.15) is 35.7 Å². The summed E-state index contributed by atoms with van der Waals surface area (Å²) in [4.78, 5) is 28.0. The Labute approximate surface area is 188 Å². The summed E-state index contributed by atoms with van der Waals surface area (Å²) in [6, 6.07) is 12.4. The van der Waals surface area contributed by atoms with E-state index >= 15 is 0 Å². The van der Waals surface area contributed by atoms with E-state index in [0.717, 1.165) is 5.56 Å². The highest BCUT2D eigenvalue weighted by atomic mass is 35.5. The number of likely N-dealkylation sites (tertiary alicyclic amines) is 1. The predicted molar refractivity (Wildman–Crippen MR) is 121 cm³/mol. The van der Waals surface area contributed by atoms with Gasteiger partial charge >= 0.3 is 0 Å². The molecule has 166 valence electrons. The number of carbonyl (C=O) groups is 2. The molecule has 2 aromatic carbocycles. The van der Waals surface area contributed by atoms with Gasteiger partial charge in [-0.05, 0) is 30.2 Å². The van der Waals surface area contributed by atoms with E-state index in [9.17, 15) is 9.59 Å². The second-order valence-corrected chi connectivity index (χ2v) is 8.62. The summed E-state index contributed by atoms with van der Waals surface area (Å²) in [5.74, 6) is 0.871. The lowest BCUT2D eigenvalue weighted by atomic mass is 9.87. The number of benzene rings is 2. The highest BCUT2D eigenvalue weighted by Crippen LogP contribution is 2.39. The van der Waals surface area contributed by atoms with E-state index < -0.39 is 0 Å². The summed E-state index contributed by atoms with van der Waals surface area (Å²) in [5.41, 5.74) is 1.39. The molecule has 6 nitrogen and oxygen atoms in total. The Balaban J connectivity index is 1.92. The minimum Gasteiger partial charge on any atom is -0.497 e. The fourth-order valence-corrected chi connectivity index (χ4v) is 4.11. The van der Waals surface area contributed by atoms with Crippen LogP contribution in [0.4, 0.5) is 0 Å². The Bertz CT molecular complexity index is 947. The van der Waals surface area contributed by atoms with Gasteiger partial charge in [-0.2, -0.15) is 0 Å². The zero-order valence-electron chi connectivity index (χ0n) is 18.4. The normalized spacial score (nSPS) is 18.2. The Morgan fingerprint density at radius 2 is 1.90 bits per heavy atom. The molecule has 2 amide bonds. The van der Waals surface area contributed by atoms with E-state index in [2.05, 4.69) is 5.32 Å². The molecule has 7 heteroatoms. The Kier molecular flexibility index (Phi) is 7.44. The van der Waals surface area contributed by atoms with Crippen molar-refractivity contribution in [2.24, 2.45) is 11.8 Å². The quantitative estimate of drug-likeness (QED) is 0.701. The number of ether oxygens (including phenoxy) is 2. The van der Waals surface area contributed by atoms with Gasteiger partial charge in [0.15, 0.2) is 0 Å². The van der Waals surface area contributed by atoms with Crippen molar-refractivity contribution in [2.75, 3.05) is 33.9 Å². The summed E-state index contributed by atoms with van der Waals surface area (Å²) in [5, 5.41) is 3.53. The van der Waals surface area contributed by atoms with Gasteiger partial charge in [0.05, 0.1) is 20.1 Å². The van der Waals surface area contributed by atoms with Crippen LogP contribution in [0.3, 0.4) is 0 Å². The molecule has 0 bridgehead atoms. The summed E-state index contributed by atoms with van der Waals surface area (Å²) in [6.45, 7) is 5.43. The van der Waals surface area contributed by atoms with Crippen molar-refractivity contribution in [3.63, 3.8) is 0 Å². The van der Waals surface area contributed by atoms with Crippen molar-refractivity contribution < 1.29 is 19.1 Å². The molecule has 1 saturated heterocycles. The van der Waals surface area contributed by atoms with Crippen LogP contribution in [-0.4, -0.2) is 50.6 Å². The molecule has 0 unspecified atom stereocenters. The lowest BCUT2D eigenvalue weighted by Gasteiger charge is -2.21. The standard InChI is InChI=1S/C24H29ClN2O4/c1-15(2)12-26-23(28)21-14-27(24(29)16-6-5-7-17(25)10-16)13-20(21)19-9-8-18(30-3)11-22(19)31-4/h5-11,15,20-21H,12-14H2,1-4H3,(H,26,28)/t20-,21+/m0/s1. The average molecular weight is 445 g/mol. The molecule has 2 atom stereocenters. The number of amides is 2. The Morgan fingerprint density at radius 1 is 1.13 bits per heavy atom. The van der Waals surface area contributed by atoms with Gasteiger partial charge in [-0.25, -0.2) is 0 Å².